The Morgan fingerprint density at radius 2 is 1.97 bits per heavy atom. The average molecular weight is 461 g/mol. The number of fused-ring (bicyclic) bond motifs is 1. The minimum atomic E-state index is -0.883. The maximum Gasteiger partial charge on any atom is 0.218 e. The summed E-state index contributed by atoms with van der Waals surface area (Å²) in [6.07, 6.45) is 4.85. The summed E-state index contributed by atoms with van der Waals surface area (Å²) in [7, 11) is 3.32. The lowest BCUT2D eigenvalue weighted by Crippen LogP contribution is -2.07. The van der Waals surface area contributed by atoms with Crippen LogP contribution in [0, 0.1) is 0 Å². The van der Waals surface area contributed by atoms with Crippen molar-refractivity contribution in [2.45, 2.75) is 12.5 Å². The van der Waals surface area contributed by atoms with Crippen LogP contribution in [0.4, 0.5) is 0 Å². The molecule has 1 N–H and O–H groups in total. The Bertz CT molecular complexity index is 1410. The Morgan fingerprint density at radius 1 is 1.15 bits per heavy atom. The molecule has 1 unspecified atom stereocenters. The van der Waals surface area contributed by atoms with Gasteiger partial charge in [0.15, 0.2) is 0 Å². The van der Waals surface area contributed by atoms with Crippen LogP contribution in [0.3, 0.4) is 0 Å². The zero-order valence-corrected chi connectivity index (χ0v) is 18.8. The Balaban J connectivity index is 1.52. The van der Waals surface area contributed by atoms with Gasteiger partial charge in [0.25, 0.3) is 0 Å². The summed E-state index contributed by atoms with van der Waals surface area (Å²) in [5.41, 5.74) is 4.77. The highest BCUT2D eigenvalue weighted by molar-refractivity contribution is 6.36. The van der Waals surface area contributed by atoms with Crippen LogP contribution in [0.25, 0.3) is 16.6 Å². The first-order valence-corrected chi connectivity index (χ1v) is 10.7. The number of aliphatic hydroxyl groups excluding tert-OH is 1. The molecule has 8 nitrogen and oxygen atoms in total. The van der Waals surface area contributed by atoms with E-state index < -0.39 is 6.10 Å². The number of pyridine rings is 1. The van der Waals surface area contributed by atoms with Gasteiger partial charge in [-0.05, 0) is 41.5 Å². The van der Waals surface area contributed by atoms with Crippen LogP contribution in [0.1, 0.15) is 28.5 Å². The molecular weight excluding hydrogens is 440 g/mol. The fourth-order valence-corrected chi connectivity index (χ4v) is 4.16. The first kappa shape index (κ1) is 21.1. The molecule has 0 fully saturated rings. The lowest BCUT2D eigenvalue weighted by Gasteiger charge is -2.15. The monoisotopic (exact) mass is 460 g/mol. The molecule has 166 valence electrons. The fraction of sp³-hybridized carbons (Fsp3) is 0.167. The lowest BCUT2D eigenvalue weighted by molar-refractivity contribution is 0.210. The third-order valence-electron chi connectivity index (χ3n) is 5.63. The molecule has 0 amide bonds. The van der Waals surface area contributed by atoms with Crippen molar-refractivity contribution in [2.75, 3.05) is 7.11 Å². The quantitative estimate of drug-likeness (QED) is 0.413. The van der Waals surface area contributed by atoms with Gasteiger partial charge in [-0.1, -0.05) is 35.0 Å². The van der Waals surface area contributed by atoms with Crippen LogP contribution in [0.5, 0.6) is 5.88 Å². The number of nitrogens with zero attached hydrogens (tertiary/aromatic N) is 6. The summed E-state index contributed by atoms with van der Waals surface area (Å²) in [5, 5.41) is 24.1. The summed E-state index contributed by atoms with van der Waals surface area (Å²) < 4.78 is 8.91. The van der Waals surface area contributed by atoms with Crippen LogP contribution < -0.4 is 4.74 Å². The van der Waals surface area contributed by atoms with Crippen LogP contribution in [-0.4, -0.2) is 42.0 Å². The van der Waals surface area contributed by atoms with Crippen LogP contribution in [-0.2, 0) is 13.5 Å². The smallest absolute Gasteiger partial charge is 0.218 e. The number of aryl methyl sites for hydroxylation is 1. The molecule has 3 heterocycles. The molecular formula is C24H21ClN6O2. The van der Waals surface area contributed by atoms with E-state index in [2.05, 4.69) is 20.4 Å². The van der Waals surface area contributed by atoms with Gasteiger partial charge in [-0.15, -0.1) is 5.10 Å². The second-order valence-electron chi connectivity index (χ2n) is 7.67. The first-order valence-electron chi connectivity index (χ1n) is 10.3. The first-order chi connectivity index (χ1) is 16.0. The number of hydrogen-bond donors (Lipinski definition) is 1. The summed E-state index contributed by atoms with van der Waals surface area (Å²) in [6.45, 7) is 0. The van der Waals surface area contributed by atoms with Crippen molar-refractivity contribution < 1.29 is 9.84 Å². The Hall–Kier alpha value is -3.75. The van der Waals surface area contributed by atoms with E-state index in [4.69, 9.17) is 16.3 Å². The molecule has 3 aromatic heterocycles. The number of rotatable bonds is 6. The van der Waals surface area contributed by atoms with Gasteiger partial charge in [-0.25, -0.2) is 14.3 Å². The highest BCUT2D eigenvalue weighted by atomic mass is 35.5. The third-order valence-corrected chi connectivity index (χ3v) is 6.06. The number of hydrogen-bond acceptors (Lipinski definition) is 6. The van der Waals surface area contributed by atoms with Crippen LogP contribution in [0.2, 0.25) is 5.02 Å². The molecule has 0 spiro atoms. The van der Waals surface area contributed by atoms with Gasteiger partial charge in [0.2, 0.25) is 5.88 Å². The van der Waals surface area contributed by atoms with Gasteiger partial charge in [0.1, 0.15) is 6.10 Å². The maximum absolute atomic E-state index is 10.8. The van der Waals surface area contributed by atoms with E-state index in [0.29, 0.717) is 34.1 Å². The van der Waals surface area contributed by atoms with Gasteiger partial charge in [-0.3, -0.25) is 0 Å². The highest BCUT2D eigenvalue weighted by Gasteiger charge is 2.19. The largest absolute Gasteiger partial charge is 0.481 e. The van der Waals surface area contributed by atoms with E-state index in [1.807, 2.05) is 54.7 Å². The molecule has 1 atom stereocenters. The number of halogens is 1. The van der Waals surface area contributed by atoms with Crippen molar-refractivity contribution in [1.29, 1.82) is 0 Å². The van der Waals surface area contributed by atoms with Gasteiger partial charge < -0.3 is 9.84 Å². The van der Waals surface area contributed by atoms with Crippen LogP contribution >= 0.6 is 11.6 Å². The minimum absolute atomic E-state index is 0.479. The van der Waals surface area contributed by atoms with E-state index in [0.717, 1.165) is 22.2 Å². The third kappa shape index (κ3) is 3.94. The van der Waals surface area contributed by atoms with Crippen molar-refractivity contribution in [3.05, 3.63) is 94.5 Å². The van der Waals surface area contributed by atoms with Crippen molar-refractivity contribution >= 4 is 22.5 Å². The number of methoxy groups -OCH3 is 1. The molecule has 33 heavy (non-hydrogen) atoms. The van der Waals surface area contributed by atoms with E-state index in [1.165, 1.54) is 0 Å². The summed E-state index contributed by atoms with van der Waals surface area (Å²) in [5.74, 6) is 0.479. The van der Waals surface area contributed by atoms with Crippen molar-refractivity contribution in [3.63, 3.8) is 0 Å². The minimum Gasteiger partial charge on any atom is -0.481 e. The predicted octanol–water partition coefficient (Wildman–Crippen LogP) is 3.88. The van der Waals surface area contributed by atoms with E-state index in [9.17, 15) is 5.11 Å². The highest BCUT2D eigenvalue weighted by Crippen LogP contribution is 2.36. The lowest BCUT2D eigenvalue weighted by atomic mass is 10.0. The normalized spacial score (nSPS) is 12.2. The molecule has 5 aromatic rings. The van der Waals surface area contributed by atoms with Gasteiger partial charge in [0, 0.05) is 36.8 Å². The second kappa shape index (κ2) is 8.65. The van der Waals surface area contributed by atoms with Gasteiger partial charge in [-0.2, -0.15) is 5.10 Å². The number of benzene rings is 2. The van der Waals surface area contributed by atoms with Crippen LogP contribution in [0.15, 0.2) is 67.1 Å². The van der Waals surface area contributed by atoms with Gasteiger partial charge in [0.05, 0.1) is 35.2 Å². The summed E-state index contributed by atoms with van der Waals surface area (Å²) >= 11 is 6.88. The number of ether oxygens (including phenoxy) is 1. The Labute approximate surface area is 195 Å². The van der Waals surface area contributed by atoms with Crippen molar-refractivity contribution in [2.24, 2.45) is 7.05 Å². The van der Waals surface area contributed by atoms with E-state index >= 15 is 0 Å². The molecule has 0 radical (unpaired) electrons. The maximum atomic E-state index is 10.8. The molecule has 2 aromatic carbocycles. The molecule has 9 heteroatoms. The topological polar surface area (TPSA) is 90.9 Å². The molecule has 0 aliphatic heterocycles. The summed E-state index contributed by atoms with van der Waals surface area (Å²) in [6, 6.07) is 15.5. The SMILES string of the molecule is COc1nc2ccc(C(O)c3cnnn3C)cc2c(Cl)c1Cc1ccc(-n2cccn2)cc1. The van der Waals surface area contributed by atoms with Crippen molar-refractivity contribution in [3.8, 4) is 11.6 Å². The number of aliphatic hydroxyl groups is 1. The molecule has 0 saturated heterocycles. The average Bonchev–Trinajstić information content (AvgIpc) is 3.52. The molecule has 5 rings (SSSR count). The Morgan fingerprint density at radius 3 is 2.64 bits per heavy atom. The second-order valence-corrected chi connectivity index (χ2v) is 8.05. The summed E-state index contributed by atoms with van der Waals surface area (Å²) in [4.78, 5) is 4.66. The van der Waals surface area contributed by atoms with E-state index in [1.54, 1.807) is 35.9 Å². The zero-order valence-electron chi connectivity index (χ0n) is 18.1. The molecule has 0 aliphatic carbocycles. The standard InChI is InChI=1S/C24H21ClN6O2/c1-30-21(14-26-29-30)23(32)16-6-9-20-18(13-16)22(25)19(24(28-20)33-2)12-15-4-7-17(8-5-15)31-11-3-10-27-31/h3-11,13-14,23,32H,12H2,1-2H3. The van der Waals surface area contributed by atoms with E-state index in [-0.39, 0.29) is 0 Å². The molecule has 0 aliphatic rings. The van der Waals surface area contributed by atoms with Crippen molar-refractivity contribution in [1.82, 2.24) is 29.8 Å². The molecule has 0 saturated carbocycles. The Kier molecular flexibility index (Phi) is 5.53. The zero-order chi connectivity index (χ0) is 22.9. The molecule has 0 bridgehead atoms. The fourth-order valence-electron chi connectivity index (χ4n) is 3.86. The number of aromatic nitrogens is 6. The van der Waals surface area contributed by atoms with Gasteiger partial charge >= 0.3 is 0 Å². The predicted molar refractivity (Wildman–Crippen MR) is 125 cm³/mol.